The molecule has 6 nitrogen and oxygen atoms in total. The van der Waals surface area contributed by atoms with Crippen LogP contribution in [0.1, 0.15) is 27.0 Å². The number of phenolic OH excluding ortho intramolecular Hbond substituents is 1. The Balaban J connectivity index is 1.51. The minimum atomic E-state index is -0.472. The zero-order chi connectivity index (χ0) is 21.8. The van der Waals surface area contributed by atoms with E-state index in [4.69, 9.17) is 16.9 Å². The SMILES string of the molecule is N#Cc1cc(C(=O)NN=Cc2cccc3c2ccn3Cc2ccc(Cl)cc2)ccc1O. The minimum Gasteiger partial charge on any atom is -0.507 e. The van der Waals surface area contributed by atoms with Crippen molar-refractivity contribution in [2.75, 3.05) is 0 Å². The van der Waals surface area contributed by atoms with E-state index in [0.717, 1.165) is 22.0 Å². The van der Waals surface area contributed by atoms with Crippen LogP contribution in [-0.4, -0.2) is 21.8 Å². The Bertz CT molecular complexity index is 1330. The molecule has 0 aliphatic carbocycles. The van der Waals surface area contributed by atoms with Gasteiger partial charge in [0.1, 0.15) is 11.8 Å². The van der Waals surface area contributed by atoms with Crippen LogP contribution in [0.25, 0.3) is 10.9 Å². The van der Waals surface area contributed by atoms with Crippen LogP contribution in [-0.2, 0) is 6.54 Å². The average molecular weight is 429 g/mol. The summed E-state index contributed by atoms with van der Waals surface area (Å²) >= 11 is 5.96. The van der Waals surface area contributed by atoms with Crippen molar-refractivity contribution in [3.63, 3.8) is 0 Å². The number of hydrogen-bond acceptors (Lipinski definition) is 4. The van der Waals surface area contributed by atoms with Gasteiger partial charge in [-0.05, 0) is 48.0 Å². The van der Waals surface area contributed by atoms with Gasteiger partial charge in [0.05, 0.1) is 11.8 Å². The number of amides is 1. The summed E-state index contributed by atoms with van der Waals surface area (Å²) in [5.41, 5.74) is 5.76. The Morgan fingerprint density at radius 2 is 1.97 bits per heavy atom. The van der Waals surface area contributed by atoms with Crippen molar-refractivity contribution in [3.05, 3.63) is 100 Å². The molecule has 152 valence electrons. The Labute approximate surface area is 183 Å². The zero-order valence-electron chi connectivity index (χ0n) is 16.3. The van der Waals surface area contributed by atoms with Crippen molar-refractivity contribution < 1.29 is 9.90 Å². The van der Waals surface area contributed by atoms with Crippen LogP contribution >= 0.6 is 11.6 Å². The van der Waals surface area contributed by atoms with E-state index in [0.29, 0.717) is 11.6 Å². The summed E-state index contributed by atoms with van der Waals surface area (Å²) in [5.74, 6) is -0.641. The standard InChI is InChI=1S/C24H17ClN4O2/c25-20-7-4-16(5-8-20)15-29-11-10-21-18(2-1-3-22(21)29)14-27-28-24(31)17-6-9-23(30)19(12-17)13-26/h1-12,14,30H,15H2,(H,28,31). The van der Waals surface area contributed by atoms with Crippen LogP contribution in [0.5, 0.6) is 5.75 Å². The molecule has 3 aromatic carbocycles. The molecular formula is C24H17ClN4O2. The normalized spacial score (nSPS) is 11.0. The van der Waals surface area contributed by atoms with Gasteiger partial charge in [0.25, 0.3) is 5.91 Å². The first-order valence-electron chi connectivity index (χ1n) is 9.44. The number of nitrogens with one attached hydrogen (secondary N) is 1. The van der Waals surface area contributed by atoms with E-state index in [2.05, 4.69) is 15.1 Å². The molecule has 1 heterocycles. The second-order valence-corrected chi connectivity index (χ2v) is 7.33. The number of benzene rings is 3. The van der Waals surface area contributed by atoms with Gasteiger partial charge in [-0.25, -0.2) is 5.43 Å². The lowest BCUT2D eigenvalue weighted by Crippen LogP contribution is -2.17. The molecule has 0 saturated heterocycles. The van der Waals surface area contributed by atoms with Crippen LogP contribution in [0.15, 0.2) is 78.0 Å². The van der Waals surface area contributed by atoms with Crippen molar-refractivity contribution in [2.24, 2.45) is 5.10 Å². The van der Waals surface area contributed by atoms with E-state index in [1.165, 1.54) is 18.2 Å². The summed E-state index contributed by atoms with van der Waals surface area (Å²) < 4.78 is 2.13. The Hall–Kier alpha value is -4.08. The molecule has 0 bridgehead atoms. The molecule has 0 radical (unpaired) electrons. The predicted molar refractivity (Wildman–Crippen MR) is 120 cm³/mol. The maximum absolute atomic E-state index is 12.3. The van der Waals surface area contributed by atoms with Gasteiger partial charge in [0, 0.05) is 39.8 Å². The number of halogens is 1. The van der Waals surface area contributed by atoms with Gasteiger partial charge >= 0.3 is 0 Å². The first-order valence-corrected chi connectivity index (χ1v) is 9.82. The van der Waals surface area contributed by atoms with Crippen LogP contribution in [0.2, 0.25) is 5.02 Å². The predicted octanol–water partition coefficient (Wildman–Crippen LogP) is 4.68. The summed E-state index contributed by atoms with van der Waals surface area (Å²) in [6.45, 7) is 0.708. The lowest BCUT2D eigenvalue weighted by Gasteiger charge is -2.07. The van der Waals surface area contributed by atoms with E-state index in [1.807, 2.05) is 60.8 Å². The van der Waals surface area contributed by atoms with E-state index in [9.17, 15) is 9.90 Å². The molecule has 4 aromatic rings. The fourth-order valence-corrected chi connectivity index (χ4v) is 3.40. The molecule has 0 saturated carbocycles. The van der Waals surface area contributed by atoms with Gasteiger partial charge < -0.3 is 9.67 Å². The highest BCUT2D eigenvalue weighted by atomic mass is 35.5. The number of aromatic hydroxyl groups is 1. The van der Waals surface area contributed by atoms with Crippen molar-refractivity contribution in [1.82, 2.24) is 9.99 Å². The Morgan fingerprint density at radius 1 is 1.16 bits per heavy atom. The van der Waals surface area contributed by atoms with Crippen molar-refractivity contribution in [1.29, 1.82) is 5.26 Å². The van der Waals surface area contributed by atoms with Gasteiger partial charge in [-0.15, -0.1) is 0 Å². The zero-order valence-corrected chi connectivity index (χ0v) is 17.0. The number of aromatic nitrogens is 1. The summed E-state index contributed by atoms with van der Waals surface area (Å²) in [6, 6.07) is 21.5. The number of nitriles is 1. The fraction of sp³-hybridized carbons (Fsp3) is 0.0417. The summed E-state index contributed by atoms with van der Waals surface area (Å²) in [7, 11) is 0. The second kappa shape index (κ2) is 8.74. The van der Waals surface area contributed by atoms with Gasteiger partial charge in [-0.1, -0.05) is 35.9 Å². The highest BCUT2D eigenvalue weighted by molar-refractivity contribution is 6.30. The number of hydrazone groups is 1. The van der Waals surface area contributed by atoms with Gasteiger partial charge in [0.2, 0.25) is 0 Å². The second-order valence-electron chi connectivity index (χ2n) is 6.89. The monoisotopic (exact) mass is 428 g/mol. The molecule has 0 fully saturated rings. The van der Waals surface area contributed by atoms with E-state index in [-0.39, 0.29) is 16.9 Å². The summed E-state index contributed by atoms with van der Waals surface area (Å²) in [6.07, 6.45) is 3.59. The number of phenols is 1. The molecule has 2 N–H and O–H groups in total. The number of nitrogens with zero attached hydrogens (tertiary/aromatic N) is 3. The molecule has 0 aliphatic rings. The molecule has 4 rings (SSSR count). The lowest BCUT2D eigenvalue weighted by atomic mass is 10.1. The third-order valence-corrected chi connectivity index (χ3v) is 5.11. The molecule has 0 atom stereocenters. The van der Waals surface area contributed by atoms with E-state index in [1.54, 1.807) is 6.21 Å². The largest absolute Gasteiger partial charge is 0.507 e. The molecule has 0 unspecified atom stereocenters. The molecule has 31 heavy (non-hydrogen) atoms. The number of fused-ring (bicyclic) bond motifs is 1. The van der Waals surface area contributed by atoms with E-state index >= 15 is 0 Å². The van der Waals surface area contributed by atoms with Crippen LogP contribution in [0.3, 0.4) is 0 Å². The van der Waals surface area contributed by atoms with Crippen molar-refractivity contribution in [2.45, 2.75) is 6.54 Å². The first-order chi connectivity index (χ1) is 15.0. The highest BCUT2D eigenvalue weighted by Crippen LogP contribution is 2.21. The average Bonchev–Trinajstić information content (AvgIpc) is 3.19. The molecule has 7 heteroatoms. The molecule has 1 amide bonds. The Morgan fingerprint density at radius 3 is 2.74 bits per heavy atom. The van der Waals surface area contributed by atoms with Gasteiger partial charge in [-0.2, -0.15) is 10.4 Å². The maximum atomic E-state index is 12.3. The first kappa shape index (κ1) is 20.2. The number of carbonyl (C=O) groups excluding carboxylic acids is 1. The molecule has 1 aromatic heterocycles. The van der Waals surface area contributed by atoms with Crippen LogP contribution in [0.4, 0.5) is 0 Å². The lowest BCUT2D eigenvalue weighted by molar-refractivity contribution is 0.0955. The number of carbonyl (C=O) groups is 1. The minimum absolute atomic E-state index is 0.0309. The fourth-order valence-electron chi connectivity index (χ4n) is 3.28. The third kappa shape index (κ3) is 4.42. The topological polar surface area (TPSA) is 90.4 Å². The quantitative estimate of drug-likeness (QED) is 0.357. The third-order valence-electron chi connectivity index (χ3n) is 4.86. The highest BCUT2D eigenvalue weighted by Gasteiger charge is 2.09. The van der Waals surface area contributed by atoms with Crippen LogP contribution < -0.4 is 5.43 Å². The summed E-state index contributed by atoms with van der Waals surface area (Å²) in [5, 5.41) is 24.3. The van der Waals surface area contributed by atoms with Crippen LogP contribution in [0, 0.1) is 11.3 Å². The number of rotatable bonds is 5. The van der Waals surface area contributed by atoms with Crippen molar-refractivity contribution in [3.8, 4) is 11.8 Å². The molecule has 0 aliphatic heterocycles. The van der Waals surface area contributed by atoms with Gasteiger partial charge in [-0.3, -0.25) is 4.79 Å². The van der Waals surface area contributed by atoms with Crippen molar-refractivity contribution >= 4 is 34.6 Å². The summed E-state index contributed by atoms with van der Waals surface area (Å²) in [4.78, 5) is 12.3. The van der Waals surface area contributed by atoms with Gasteiger partial charge in [0.15, 0.2) is 0 Å². The van der Waals surface area contributed by atoms with E-state index < -0.39 is 5.91 Å². The molecular weight excluding hydrogens is 412 g/mol. The number of hydrogen-bond donors (Lipinski definition) is 2. The Kier molecular flexibility index (Phi) is 5.69. The maximum Gasteiger partial charge on any atom is 0.271 e. The smallest absolute Gasteiger partial charge is 0.271 e. The molecule has 0 spiro atoms.